The maximum absolute atomic E-state index is 13.9. The smallest absolute Gasteiger partial charge is 0.326 e. The van der Waals surface area contributed by atoms with Crippen LogP contribution in [0, 0.1) is 5.92 Å². The average molecular weight is 1420 g/mol. The number of carbonyl (C=O) groups is 16. The number of thiol groups is 2. The van der Waals surface area contributed by atoms with Crippen LogP contribution in [-0.2, 0) is 76.7 Å². The van der Waals surface area contributed by atoms with E-state index >= 15 is 0 Å². The number of amides is 11. The third kappa shape index (κ3) is 32.8. The summed E-state index contributed by atoms with van der Waals surface area (Å²) in [5.41, 5.74) is 27.6. The first-order valence-electron chi connectivity index (χ1n) is 30.2. The monoisotopic (exact) mass is 1420 g/mol. The van der Waals surface area contributed by atoms with Crippen LogP contribution in [0.3, 0.4) is 0 Å². The van der Waals surface area contributed by atoms with Crippen molar-refractivity contribution >= 4 is 132 Å². The normalized spacial score (nSPS) is 15.9. The van der Waals surface area contributed by atoms with Gasteiger partial charge in [-0.1, -0.05) is 13.8 Å². The number of aliphatic hydroxyl groups excluding tert-OH is 2. The summed E-state index contributed by atoms with van der Waals surface area (Å²) in [5, 5.41) is 90.5. The molecule has 97 heavy (non-hydrogen) atoms. The highest BCUT2D eigenvalue weighted by Crippen LogP contribution is 2.19. The lowest BCUT2D eigenvalue weighted by atomic mass is 10.0. The van der Waals surface area contributed by atoms with E-state index in [2.05, 4.69) is 83.1 Å². The molecule has 41 nitrogen and oxygen atoms in total. The van der Waals surface area contributed by atoms with Crippen molar-refractivity contribution in [2.45, 2.75) is 176 Å². The van der Waals surface area contributed by atoms with Crippen molar-refractivity contribution in [3.05, 3.63) is 0 Å². The highest BCUT2D eigenvalue weighted by molar-refractivity contribution is 7.80. The number of nitrogens with one attached hydrogen (secondary N) is 10. The quantitative estimate of drug-likeness (QED) is 0.0116. The molecular formula is C54H90N18O23S2. The van der Waals surface area contributed by atoms with Gasteiger partial charge in [-0.05, 0) is 70.1 Å². The van der Waals surface area contributed by atoms with E-state index < -0.39 is 231 Å². The number of carboxylic acid groups (broad SMARTS) is 5. The van der Waals surface area contributed by atoms with E-state index in [9.17, 15) is 112 Å². The molecule has 0 aromatic rings. The van der Waals surface area contributed by atoms with Gasteiger partial charge in [0.25, 0.3) is 0 Å². The number of nitrogens with two attached hydrogens (primary N) is 5. The van der Waals surface area contributed by atoms with E-state index in [0.717, 1.165) is 4.90 Å². The number of aliphatic hydroxyl groups is 2. The van der Waals surface area contributed by atoms with Crippen LogP contribution in [0.15, 0.2) is 9.98 Å². The average Bonchev–Trinajstić information content (AvgIpc) is 1.78. The number of carbonyl (C=O) groups excluding carboxylic acids is 11. The zero-order chi connectivity index (χ0) is 73.8. The molecule has 12 atom stereocenters. The van der Waals surface area contributed by atoms with Gasteiger partial charge in [0.2, 0.25) is 65.0 Å². The van der Waals surface area contributed by atoms with Gasteiger partial charge in [0.1, 0.15) is 66.5 Å². The topological polar surface area (TPSA) is 693 Å². The summed E-state index contributed by atoms with van der Waals surface area (Å²) in [6.07, 6.45) is -5.68. The molecule has 1 fully saturated rings. The van der Waals surface area contributed by atoms with Gasteiger partial charge in [0, 0.05) is 50.4 Å². The molecule has 0 spiro atoms. The van der Waals surface area contributed by atoms with Crippen LogP contribution in [0.5, 0.6) is 0 Å². The summed E-state index contributed by atoms with van der Waals surface area (Å²) < 4.78 is 0. The van der Waals surface area contributed by atoms with Crippen LogP contribution < -0.4 is 81.8 Å². The molecule has 0 bridgehead atoms. The molecule has 0 aromatic carbocycles. The van der Waals surface area contributed by atoms with Gasteiger partial charge in [-0.2, -0.15) is 25.3 Å². The zero-order valence-electron chi connectivity index (χ0n) is 53.1. The fourth-order valence-electron chi connectivity index (χ4n) is 9.14. The van der Waals surface area contributed by atoms with Crippen molar-refractivity contribution in [2.75, 3.05) is 44.4 Å². The summed E-state index contributed by atoms with van der Waals surface area (Å²) in [7, 11) is 0. The van der Waals surface area contributed by atoms with Crippen molar-refractivity contribution in [3.63, 3.8) is 0 Å². The van der Waals surface area contributed by atoms with Crippen molar-refractivity contribution in [2.24, 2.45) is 44.6 Å². The summed E-state index contributed by atoms with van der Waals surface area (Å²) in [6, 6.07) is -20.6. The van der Waals surface area contributed by atoms with Gasteiger partial charge in [-0.15, -0.1) is 0 Å². The Kier molecular flexibility index (Phi) is 39.2. The van der Waals surface area contributed by atoms with Crippen molar-refractivity contribution in [1.82, 2.24) is 58.1 Å². The van der Waals surface area contributed by atoms with Gasteiger partial charge in [-0.3, -0.25) is 81.9 Å². The SMILES string of the molecule is CC(C)C[C@H](N)C(=O)N[C@@H](CCC(=O)O)C(=O)N[C@@H](CCCN=C(N)N)C(=O)N[C@@H](CO)C(=O)N[C@@H](CCC(=O)O)C(=O)N[C@@H](CO)C(=O)N[C@@H](CS)C(=O)N[C@@H](CCC(=O)O)C(=O)N[C@@H](CC(=O)O)C(=O)N[C@@H](CCCN=C(N)N)C(=O)N[C@@H](CS)C(=O)N1CCC[C@H]1C(=O)O. The van der Waals surface area contributed by atoms with Crippen LogP contribution in [-0.4, -0.2) is 264 Å². The molecule has 0 radical (unpaired) electrons. The van der Waals surface area contributed by atoms with Gasteiger partial charge >= 0.3 is 29.8 Å². The number of carboxylic acids is 5. The lowest BCUT2D eigenvalue weighted by Gasteiger charge is -2.28. The minimum atomic E-state index is -2.11. The first kappa shape index (κ1) is 85.7. The zero-order valence-corrected chi connectivity index (χ0v) is 54.9. The number of likely N-dealkylation sites (tertiary alicyclic amines) is 1. The minimum absolute atomic E-state index is 0.0344. The van der Waals surface area contributed by atoms with E-state index in [4.69, 9.17) is 28.7 Å². The predicted octanol–water partition coefficient (Wildman–Crippen LogP) is -9.70. The highest BCUT2D eigenvalue weighted by atomic mass is 32.1. The Bertz CT molecular complexity index is 2850. The van der Waals surface area contributed by atoms with Crippen LogP contribution in [0.2, 0.25) is 0 Å². The molecule has 1 saturated heterocycles. The van der Waals surface area contributed by atoms with Crippen LogP contribution in [0.25, 0.3) is 0 Å². The minimum Gasteiger partial charge on any atom is -0.481 e. The second-order valence-electron chi connectivity index (χ2n) is 22.4. The maximum atomic E-state index is 13.9. The number of hydrogen-bond acceptors (Lipinski definition) is 23. The molecule has 1 heterocycles. The van der Waals surface area contributed by atoms with E-state index in [-0.39, 0.29) is 81.7 Å². The Labute approximate surface area is 565 Å². The Balaban J connectivity index is 3.48. The van der Waals surface area contributed by atoms with Gasteiger partial charge in [0.15, 0.2) is 11.9 Å². The van der Waals surface area contributed by atoms with E-state index in [1.54, 1.807) is 13.8 Å². The van der Waals surface area contributed by atoms with Crippen molar-refractivity contribution in [3.8, 4) is 0 Å². The first-order valence-corrected chi connectivity index (χ1v) is 31.5. The fourth-order valence-corrected chi connectivity index (χ4v) is 9.64. The number of nitrogens with zero attached hydrogens (tertiary/aromatic N) is 3. The second-order valence-corrected chi connectivity index (χ2v) is 23.1. The number of hydrogen-bond donors (Lipinski definition) is 24. The largest absolute Gasteiger partial charge is 0.481 e. The molecular weight excluding hydrogens is 1330 g/mol. The number of aliphatic imine (C=N–C) groups is 2. The molecule has 0 aliphatic carbocycles. The fraction of sp³-hybridized carbons (Fsp3) is 0.667. The van der Waals surface area contributed by atoms with E-state index in [1.165, 1.54) is 0 Å². The molecule has 1 aliphatic rings. The Hall–Kier alpha value is -9.36. The number of rotatable bonds is 47. The van der Waals surface area contributed by atoms with Crippen LogP contribution in [0.4, 0.5) is 0 Å². The standard InChI is InChI=1S/C54H90N18O23S2/c1-24(2)18-25(55)41(83)62-28(9-12-37(75)76)44(86)63-26(6-3-15-60-53(56)57)42(84)68-32(20-73)48(90)65-30(11-14-39(79)80)46(88)69-33(21-74)49(91)70-34(22-96)50(92)66-29(10-13-38(77)78)45(87)67-31(19-40(81)82)47(89)64-27(7-4-16-61-54(58)59)43(85)71-35(23-97)51(93)72-17-5-8-36(72)52(94)95/h24-36,73-74,96-97H,3-23,55H2,1-2H3,(H,62,83)(H,63,86)(H,64,89)(H,65,90)(H,66,92)(H,67,87)(H,68,84)(H,69,88)(H,70,91)(H,71,85)(H,75,76)(H,77,78)(H,79,80)(H,81,82)(H,94,95)(H4,56,57,60)(H4,58,59,61)/t25-,26-,27-,28-,29-,30-,31-,32-,33-,34-,35-,36-/m0/s1. The van der Waals surface area contributed by atoms with Crippen LogP contribution in [0.1, 0.15) is 104 Å². The summed E-state index contributed by atoms with van der Waals surface area (Å²) in [6.45, 7) is 0.810. The molecule has 1 rings (SSSR count). The maximum Gasteiger partial charge on any atom is 0.326 e. The molecule has 0 unspecified atom stereocenters. The third-order valence-electron chi connectivity index (χ3n) is 14.1. The molecule has 0 saturated carbocycles. The predicted molar refractivity (Wildman–Crippen MR) is 344 cm³/mol. The molecule has 1 aliphatic heterocycles. The van der Waals surface area contributed by atoms with Gasteiger partial charge < -0.3 is 122 Å². The van der Waals surface area contributed by atoms with Crippen molar-refractivity contribution in [1.29, 1.82) is 0 Å². The van der Waals surface area contributed by atoms with Crippen molar-refractivity contribution < 1.29 is 112 Å². The Morgan fingerprint density at radius 3 is 1.08 bits per heavy atom. The summed E-state index contributed by atoms with van der Waals surface area (Å²) in [5.74, 6) is -22.4. The van der Waals surface area contributed by atoms with Crippen LogP contribution >= 0.6 is 25.3 Å². The molecule has 0 aromatic heterocycles. The summed E-state index contributed by atoms with van der Waals surface area (Å²) >= 11 is 8.18. The Morgan fingerprint density at radius 2 is 0.753 bits per heavy atom. The van der Waals surface area contributed by atoms with Gasteiger partial charge in [0.05, 0.1) is 25.7 Å². The second kappa shape index (κ2) is 44.4. The molecule has 546 valence electrons. The molecule has 27 N–H and O–H groups in total. The highest BCUT2D eigenvalue weighted by Gasteiger charge is 2.40. The number of aliphatic carboxylic acids is 5. The lowest BCUT2D eigenvalue weighted by Crippen LogP contribution is -2.62. The molecule has 11 amide bonds. The molecule has 43 heteroatoms. The van der Waals surface area contributed by atoms with E-state index in [1.807, 2.05) is 5.32 Å². The van der Waals surface area contributed by atoms with E-state index in [0.29, 0.717) is 6.42 Å². The third-order valence-corrected chi connectivity index (χ3v) is 14.9. The summed E-state index contributed by atoms with van der Waals surface area (Å²) in [4.78, 5) is 218. The number of guanidine groups is 2. The first-order chi connectivity index (χ1) is 45.5. The lowest BCUT2D eigenvalue weighted by molar-refractivity contribution is -0.149. The van der Waals surface area contributed by atoms with Gasteiger partial charge in [-0.25, -0.2) is 4.79 Å². The Morgan fingerprint density at radius 1 is 0.443 bits per heavy atom.